The Morgan fingerprint density at radius 3 is 2.65 bits per heavy atom. The summed E-state index contributed by atoms with van der Waals surface area (Å²) in [5, 5.41) is 9.33. The lowest BCUT2D eigenvalue weighted by Crippen LogP contribution is -2.24. The average molecular weight is 372 g/mol. The summed E-state index contributed by atoms with van der Waals surface area (Å²) in [6.45, 7) is 5.80. The summed E-state index contributed by atoms with van der Waals surface area (Å²) in [6, 6.07) is 11.1. The molecule has 0 spiro atoms. The van der Waals surface area contributed by atoms with Crippen molar-refractivity contribution in [3.63, 3.8) is 0 Å². The molecule has 0 aliphatic carbocycles. The molecule has 2 aromatic carbocycles. The van der Waals surface area contributed by atoms with Gasteiger partial charge in [-0.1, -0.05) is 43.6 Å². The topological polar surface area (TPSA) is 70.2 Å². The summed E-state index contributed by atoms with van der Waals surface area (Å²) in [6.07, 6.45) is 0. The molecule has 0 unspecified atom stereocenters. The molecule has 0 radical (unpaired) electrons. The number of hydrogen-bond donors (Lipinski definition) is 3. The quantitative estimate of drug-likeness (QED) is 0.753. The molecule has 0 aromatic heterocycles. The van der Waals surface area contributed by atoms with E-state index in [4.69, 9.17) is 11.6 Å². The lowest BCUT2D eigenvalue weighted by Gasteiger charge is -2.11. The van der Waals surface area contributed by atoms with Crippen LogP contribution in [-0.2, 0) is 24.4 Å². The minimum Gasteiger partial charge on any atom is -0.348 e. The highest BCUT2D eigenvalue weighted by molar-refractivity contribution is 6.34. The molecular formula is C20H22ClN3O2. The van der Waals surface area contributed by atoms with Crippen LogP contribution in [0.4, 0.5) is 5.69 Å². The van der Waals surface area contributed by atoms with Crippen LogP contribution < -0.4 is 16.0 Å². The lowest BCUT2D eigenvalue weighted by atomic mass is 10.1. The maximum absolute atomic E-state index is 12.5. The smallest absolute Gasteiger partial charge is 0.253 e. The Balaban J connectivity index is 1.68. The minimum atomic E-state index is -0.269. The number of carbonyl (C=O) groups excluding carboxylic acids is 2. The van der Waals surface area contributed by atoms with E-state index in [0.29, 0.717) is 22.8 Å². The number of anilines is 1. The van der Waals surface area contributed by atoms with Crippen LogP contribution in [0, 0.1) is 5.92 Å². The first-order valence-corrected chi connectivity index (χ1v) is 9.02. The highest BCUT2D eigenvalue weighted by Crippen LogP contribution is 2.22. The van der Waals surface area contributed by atoms with Gasteiger partial charge in [0.25, 0.3) is 5.91 Å². The normalized spacial score (nSPS) is 12.8. The fraction of sp³-hybridized carbons (Fsp3) is 0.300. The summed E-state index contributed by atoms with van der Waals surface area (Å²) >= 11 is 6.17. The van der Waals surface area contributed by atoms with Crippen LogP contribution in [0.2, 0.25) is 5.02 Å². The van der Waals surface area contributed by atoms with Gasteiger partial charge in [-0.25, -0.2) is 0 Å². The van der Waals surface area contributed by atoms with Crippen molar-refractivity contribution in [3.8, 4) is 0 Å². The third-order valence-corrected chi connectivity index (χ3v) is 4.69. The van der Waals surface area contributed by atoms with Crippen molar-refractivity contribution in [2.75, 3.05) is 5.32 Å². The van der Waals surface area contributed by atoms with Crippen molar-refractivity contribution in [1.82, 2.24) is 10.6 Å². The number of fused-ring (bicyclic) bond motifs is 1. The van der Waals surface area contributed by atoms with Crippen LogP contribution in [0.1, 0.15) is 40.9 Å². The van der Waals surface area contributed by atoms with Gasteiger partial charge in [-0.05, 0) is 34.9 Å². The molecule has 136 valence electrons. The van der Waals surface area contributed by atoms with Gasteiger partial charge in [-0.15, -0.1) is 0 Å². The predicted molar refractivity (Wildman–Crippen MR) is 103 cm³/mol. The van der Waals surface area contributed by atoms with Gasteiger partial charge in [0.15, 0.2) is 0 Å². The SMILES string of the molecule is CC(C)C(=O)Nc1ccc(Cl)c(C(=O)NCc2ccc3c(c2)CNC3)c1. The number of nitrogens with one attached hydrogen (secondary N) is 3. The van der Waals surface area contributed by atoms with Crippen LogP contribution >= 0.6 is 11.6 Å². The Morgan fingerprint density at radius 1 is 1.12 bits per heavy atom. The van der Waals surface area contributed by atoms with Crippen molar-refractivity contribution >= 4 is 29.1 Å². The Kier molecular flexibility index (Phi) is 5.59. The van der Waals surface area contributed by atoms with Crippen LogP contribution in [0.3, 0.4) is 0 Å². The van der Waals surface area contributed by atoms with E-state index in [0.717, 1.165) is 18.7 Å². The second-order valence-corrected chi connectivity index (χ2v) is 7.14. The largest absolute Gasteiger partial charge is 0.348 e. The number of carbonyl (C=O) groups is 2. The van der Waals surface area contributed by atoms with E-state index in [2.05, 4.69) is 28.1 Å². The summed E-state index contributed by atoms with van der Waals surface area (Å²) in [5.41, 5.74) is 4.52. The summed E-state index contributed by atoms with van der Waals surface area (Å²) in [4.78, 5) is 24.4. The molecule has 0 saturated carbocycles. The molecule has 0 bridgehead atoms. The number of benzene rings is 2. The molecule has 1 heterocycles. The monoisotopic (exact) mass is 371 g/mol. The van der Waals surface area contributed by atoms with Crippen molar-refractivity contribution in [3.05, 3.63) is 63.7 Å². The molecule has 0 saturated heterocycles. The van der Waals surface area contributed by atoms with Gasteiger partial charge in [0.1, 0.15) is 0 Å². The Bertz CT molecular complexity index is 849. The standard InChI is InChI=1S/C20H22ClN3O2/c1-12(2)19(25)24-16-5-6-18(21)17(8-16)20(26)23-9-13-3-4-14-10-22-11-15(14)7-13/h3-8,12,22H,9-11H2,1-2H3,(H,23,26)(H,24,25). The van der Waals surface area contributed by atoms with Crippen LogP contribution in [0.5, 0.6) is 0 Å². The zero-order valence-electron chi connectivity index (χ0n) is 14.9. The van der Waals surface area contributed by atoms with Gasteiger partial charge >= 0.3 is 0 Å². The maximum Gasteiger partial charge on any atom is 0.253 e. The zero-order chi connectivity index (χ0) is 18.7. The first-order chi connectivity index (χ1) is 12.4. The number of hydrogen-bond acceptors (Lipinski definition) is 3. The first kappa shape index (κ1) is 18.4. The maximum atomic E-state index is 12.5. The molecule has 3 rings (SSSR count). The average Bonchev–Trinajstić information content (AvgIpc) is 3.08. The number of rotatable bonds is 5. The van der Waals surface area contributed by atoms with E-state index in [9.17, 15) is 9.59 Å². The van der Waals surface area contributed by atoms with Crippen LogP contribution in [0.15, 0.2) is 36.4 Å². The number of amides is 2. The highest BCUT2D eigenvalue weighted by Gasteiger charge is 2.14. The van der Waals surface area contributed by atoms with Gasteiger partial charge < -0.3 is 16.0 Å². The summed E-state index contributed by atoms with van der Waals surface area (Å²) < 4.78 is 0. The molecule has 0 atom stereocenters. The lowest BCUT2D eigenvalue weighted by molar-refractivity contribution is -0.118. The van der Waals surface area contributed by atoms with Crippen LogP contribution in [0.25, 0.3) is 0 Å². The predicted octanol–water partition coefficient (Wildman–Crippen LogP) is 3.47. The molecule has 1 aliphatic heterocycles. The third-order valence-electron chi connectivity index (χ3n) is 4.36. The minimum absolute atomic E-state index is 0.106. The van der Waals surface area contributed by atoms with Gasteiger partial charge in [-0.2, -0.15) is 0 Å². The molecule has 2 amide bonds. The van der Waals surface area contributed by atoms with Gasteiger partial charge in [-0.3, -0.25) is 9.59 Å². The number of halogens is 1. The Hall–Kier alpha value is -2.37. The Morgan fingerprint density at radius 2 is 1.88 bits per heavy atom. The molecule has 1 aliphatic rings. The first-order valence-electron chi connectivity index (χ1n) is 8.64. The summed E-state index contributed by atoms with van der Waals surface area (Å²) in [5.74, 6) is -0.517. The van der Waals surface area contributed by atoms with Crippen molar-refractivity contribution < 1.29 is 9.59 Å². The van der Waals surface area contributed by atoms with Gasteiger partial charge in [0.05, 0.1) is 10.6 Å². The molecular weight excluding hydrogens is 350 g/mol. The third kappa shape index (κ3) is 4.23. The van der Waals surface area contributed by atoms with E-state index < -0.39 is 0 Å². The van der Waals surface area contributed by atoms with E-state index in [1.165, 1.54) is 11.1 Å². The van der Waals surface area contributed by atoms with Crippen molar-refractivity contribution in [1.29, 1.82) is 0 Å². The van der Waals surface area contributed by atoms with E-state index in [-0.39, 0.29) is 17.7 Å². The molecule has 26 heavy (non-hydrogen) atoms. The van der Waals surface area contributed by atoms with E-state index >= 15 is 0 Å². The van der Waals surface area contributed by atoms with E-state index in [1.54, 1.807) is 18.2 Å². The fourth-order valence-corrected chi connectivity index (χ4v) is 3.00. The highest BCUT2D eigenvalue weighted by atomic mass is 35.5. The second-order valence-electron chi connectivity index (χ2n) is 6.73. The molecule has 2 aromatic rings. The second kappa shape index (κ2) is 7.89. The molecule has 5 nitrogen and oxygen atoms in total. The van der Waals surface area contributed by atoms with E-state index in [1.807, 2.05) is 19.9 Å². The molecule has 3 N–H and O–H groups in total. The van der Waals surface area contributed by atoms with Crippen LogP contribution in [-0.4, -0.2) is 11.8 Å². The summed E-state index contributed by atoms with van der Waals surface area (Å²) in [7, 11) is 0. The van der Waals surface area contributed by atoms with Gasteiger partial charge in [0, 0.05) is 31.2 Å². The van der Waals surface area contributed by atoms with Crippen molar-refractivity contribution in [2.45, 2.75) is 33.5 Å². The fourth-order valence-electron chi connectivity index (χ4n) is 2.80. The zero-order valence-corrected chi connectivity index (χ0v) is 15.6. The van der Waals surface area contributed by atoms with Crippen molar-refractivity contribution in [2.24, 2.45) is 5.92 Å². The van der Waals surface area contributed by atoms with Gasteiger partial charge in [0.2, 0.25) is 5.91 Å². The Labute approximate surface area is 158 Å². The molecule has 0 fully saturated rings. The molecule has 6 heteroatoms.